The van der Waals surface area contributed by atoms with Crippen molar-refractivity contribution in [2.24, 2.45) is 5.41 Å². The van der Waals surface area contributed by atoms with Gasteiger partial charge in [0.25, 0.3) is 0 Å². The van der Waals surface area contributed by atoms with Crippen molar-refractivity contribution in [1.29, 1.82) is 0 Å². The maximum absolute atomic E-state index is 13.4. The molecule has 1 saturated heterocycles. The summed E-state index contributed by atoms with van der Waals surface area (Å²) in [6, 6.07) is 9.43. The highest BCUT2D eigenvalue weighted by Gasteiger charge is 2.50. The van der Waals surface area contributed by atoms with Crippen molar-refractivity contribution in [3.63, 3.8) is 0 Å². The van der Waals surface area contributed by atoms with Crippen LogP contribution in [0.5, 0.6) is 0 Å². The van der Waals surface area contributed by atoms with Crippen molar-refractivity contribution < 1.29 is 9.59 Å². The molecular formula is C20H30N2O2. The van der Waals surface area contributed by atoms with E-state index in [0.29, 0.717) is 6.54 Å². The first-order valence-corrected chi connectivity index (χ1v) is 8.67. The SMILES string of the molecule is CN(C)[C@@H](C(=O)N1CCCC1(C)C(=O)C(C)(C)C)c1ccccc1. The predicted molar refractivity (Wildman–Crippen MR) is 96.7 cm³/mol. The van der Waals surface area contributed by atoms with Gasteiger partial charge >= 0.3 is 0 Å². The molecule has 2 atom stereocenters. The number of likely N-dealkylation sites (N-methyl/N-ethyl adjacent to an activating group) is 1. The zero-order valence-corrected chi connectivity index (χ0v) is 15.8. The van der Waals surface area contributed by atoms with Crippen LogP contribution in [0.4, 0.5) is 0 Å². The summed E-state index contributed by atoms with van der Waals surface area (Å²) in [5.41, 5.74) is -0.207. The monoisotopic (exact) mass is 330 g/mol. The van der Waals surface area contributed by atoms with E-state index in [4.69, 9.17) is 0 Å². The molecule has 1 unspecified atom stereocenters. The molecule has 1 aromatic carbocycles. The van der Waals surface area contributed by atoms with Crippen molar-refractivity contribution >= 4 is 11.7 Å². The van der Waals surface area contributed by atoms with Crippen LogP contribution in [-0.4, -0.2) is 47.7 Å². The number of hydrogen-bond acceptors (Lipinski definition) is 3. The second-order valence-corrected chi connectivity index (χ2v) is 8.22. The number of likely N-dealkylation sites (tertiary alicyclic amines) is 1. The average molecular weight is 330 g/mol. The van der Waals surface area contributed by atoms with Gasteiger partial charge in [0.05, 0.1) is 5.54 Å². The van der Waals surface area contributed by atoms with E-state index in [9.17, 15) is 9.59 Å². The van der Waals surface area contributed by atoms with Gasteiger partial charge in [0.1, 0.15) is 6.04 Å². The van der Waals surface area contributed by atoms with Crippen LogP contribution in [0.25, 0.3) is 0 Å². The highest BCUT2D eigenvalue weighted by Crippen LogP contribution is 2.38. The van der Waals surface area contributed by atoms with Crippen molar-refractivity contribution in [2.75, 3.05) is 20.6 Å². The summed E-state index contributed by atoms with van der Waals surface area (Å²) in [4.78, 5) is 30.1. The van der Waals surface area contributed by atoms with Crippen molar-refractivity contribution in [3.05, 3.63) is 35.9 Å². The maximum Gasteiger partial charge on any atom is 0.245 e. The minimum atomic E-state index is -0.710. The quantitative estimate of drug-likeness (QED) is 0.850. The van der Waals surface area contributed by atoms with Gasteiger partial charge in [-0.3, -0.25) is 14.5 Å². The molecule has 1 fully saturated rings. The largest absolute Gasteiger partial charge is 0.329 e. The van der Waals surface area contributed by atoms with Crippen LogP contribution in [0.1, 0.15) is 52.1 Å². The average Bonchev–Trinajstić information content (AvgIpc) is 2.89. The lowest BCUT2D eigenvalue weighted by molar-refractivity contribution is -0.150. The summed E-state index contributed by atoms with van der Waals surface area (Å²) in [6.07, 6.45) is 1.61. The molecule has 132 valence electrons. The third-order valence-electron chi connectivity index (χ3n) is 4.94. The molecule has 2 rings (SSSR count). The Morgan fingerprint density at radius 1 is 1.17 bits per heavy atom. The van der Waals surface area contributed by atoms with Gasteiger partial charge in [0.15, 0.2) is 5.78 Å². The lowest BCUT2D eigenvalue weighted by atomic mass is 9.77. The number of rotatable bonds is 4. The molecule has 0 N–H and O–H groups in total. The maximum atomic E-state index is 13.4. The summed E-state index contributed by atoms with van der Waals surface area (Å²) >= 11 is 0. The third-order valence-corrected chi connectivity index (χ3v) is 4.94. The van der Waals surface area contributed by atoms with Gasteiger partial charge in [-0.15, -0.1) is 0 Å². The van der Waals surface area contributed by atoms with E-state index in [2.05, 4.69) is 0 Å². The van der Waals surface area contributed by atoms with E-state index in [1.165, 1.54) is 0 Å². The molecular weight excluding hydrogens is 300 g/mol. The molecule has 24 heavy (non-hydrogen) atoms. The summed E-state index contributed by atoms with van der Waals surface area (Å²) in [5, 5.41) is 0. The third kappa shape index (κ3) is 3.39. The number of nitrogens with zero attached hydrogens (tertiary/aromatic N) is 2. The lowest BCUT2D eigenvalue weighted by Gasteiger charge is -2.40. The molecule has 1 aliphatic heterocycles. The van der Waals surface area contributed by atoms with E-state index >= 15 is 0 Å². The Balaban J connectivity index is 2.37. The Labute approximate surface area is 145 Å². The number of benzene rings is 1. The Morgan fingerprint density at radius 2 is 1.75 bits per heavy atom. The second-order valence-electron chi connectivity index (χ2n) is 8.22. The molecule has 0 bridgehead atoms. The Bertz CT molecular complexity index is 604. The van der Waals surface area contributed by atoms with E-state index in [-0.39, 0.29) is 17.7 Å². The minimum absolute atomic E-state index is 0.0174. The van der Waals surface area contributed by atoms with Gasteiger partial charge < -0.3 is 4.90 Å². The Kier molecular flexibility index (Phi) is 5.19. The standard InChI is InChI=1S/C20H30N2O2/c1-19(2,3)18(24)20(4)13-10-14-22(20)17(23)16(21(5)6)15-11-8-7-9-12-15/h7-9,11-12,16H,10,13-14H2,1-6H3/t16-,20?/m1/s1. The molecule has 0 aromatic heterocycles. The summed E-state index contributed by atoms with van der Waals surface area (Å²) < 4.78 is 0. The Morgan fingerprint density at radius 3 is 2.25 bits per heavy atom. The fourth-order valence-electron chi connectivity index (χ4n) is 3.81. The summed E-state index contributed by atoms with van der Waals surface area (Å²) in [6.45, 7) is 8.38. The van der Waals surface area contributed by atoms with Gasteiger partial charge in [-0.25, -0.2) is 0 Å². The molecule has 4 nitrogen and oxygen atoms in total. The van der Waals surface area contributed by atoms with Gasteiger partial charge in [0.2, 0.25) is 5.91 Å². The zero-order valence-electron chi connectivity index (χ0n) is 15.8. The lowest BCUT2D eigenvalue weighted by Crippen LogP contribution is -2.56. The smallest absolute Gasteiger partial charge is 0.245 e. The molecule has 1 amide bonds. The van der Waals surface area contributed by atoms with Crippen molar-refractivity contribution in [3.8, 4) is 0 Å². The van der Waals surface area contributed by atoms with Gasteiger partial charge in [-0.1, -0.05) is 51.1 Å². The van der Waals surface area contributed by atoms with Crippen LogP contribution in [-0.2, 0) is 9.59 Å². The normalized spacial score (nSPS) is 22.7. The molecule has 1 heterocycles. The predicted octanol–water partition coefficient (Wildman–Crippen LogP) is 3.29. The first kappa shape index (κ1) is 18.7. The van der Waals surface area contributed by atoms with E-state index in [1.54, 1.807) is 0 Å². The van der Waals surface area contributed by atoms with Crippen LogP contribution >= 0.6 is 0 Å². The van der Waals surface area contributed by atoms with Crippen molar-refractivity contribution in [2.45, 2.75) is 52.1 Å². The van der Waals surface area contributed by atoms with E-state index in [0.717, 1.165) is 18.4 Å². The fourth-order valence-corrected chi connectivity index (χ4v) is 3.81. The number of hydrogen-bond donors (Lipinski definition) is 0. The molecule has 0 spiro atoms. The second kappa shape index (κ2) is 6.67. The van der Waals surface area contributed by atoms with Gasteiger partial charge in [-0.05, 0) is 39.4 Å². The van der Waals surface area contributed by atoms with Gasteiger partial charge in [-0.2, -0.15) is 0 Å². The first-order chi connectivity index (χ1) is 11.1. The van der Waals surface area contributed by atoms with Crippen LogP contribution in [0.15, 0.2) is 30.3 Å². The number of Topliss-reactive ketones (excluding diaryl/α,β-unsaturated/α-hetero) is 1. The fraction of sp³-hybridized carbons (Fsp3) is 0.600. The van der Waals surface area contributed by atoms with Crippen molar-refractivity contribution in [1.82, 2.24) is 9.80 Å². The minimum Gasteiger partial charge on any atom is -0.329 e. The van der Waals surface area contributed by atoms with Gasteiger partial charge in [0, 0.05) is 12.0 Å². The Hall–Kier alpha value is -1.68. The number of carbonyl (C=O) groups is 2. The zero-order chi connectivity index (χ0) is 18.1. The topological polar surface area (TPSA) is 40.6 Å². The highest BCUT2D eigenvalue weighted by atomic mass is 16.2. The molecule has 1 aliphatic rings. The molecule has 1 aromatic rings. The van der Waals surface area contributed by atoms with Crippen LogP contribution in [0.2, 0.25) is 0 Å². The first-order valence-electron chi connectivity index (χ1n) is 8.67. The summed E-state index contributed by atoms with van der Waals surface area (Å²) in [5.74, 6) is 0.162. The molecule has 4 heteroatoms. The number of carbonyl (C=O) groups excluding carboxylic acids is 2. The van der Waals surface area contributed by atoms with Crippen LogP contribution in [0.3, 0.4) is 0 Å². The molecule has 0 aliphatic carbocycles. The van der Waals surface area contributed by atoms with E-state index in [1.807, 2.05) is 81.9 Å². The number of amides is 1. The molecule has 0 radical (unpaired) electrons. The number of ketones is 1. The highest BCUT2D eigenvalue weighted by molar-refractivity contribution is 5.97. The van der Waals surface area contributed by atoms with E-state index < -0.39 is 11.0 Å². The summed E-state index contributed by atoms with van der Waals surface area (Å²) in [7, 11) is 3.82. The molecule has 0 saturated carbocycles. The van der Waals surface area contributed by atoms with Crippen LogP contribution < -0.4 is 0 Å². The van der Waals surface area contributed by atoms with Crippen LogP contribution in [0, 0.1) is 5.41 Å².